The van der Waals surface area contributed by atoms with E-state index in [1.54, 1.807) is 29.2 Å². The second kappa shape index (κ2) is 8.15. The minimum atomic E-state index is -0.397. The third kappa shape index (κ3) is 3.74. The highest BCUT2D eigenvalue weighted by atomic mass is 16.5. The molecule has 0 radical (unpaired) electrons. The molecule has 2 aromatic rings. The summed E-state index contributed by atoms with van der Waals surface area (Å²) in [6, 6.07) is 14.3. The number of ether oxygens (including phenoxy) is 1. The van der Waals surface area contributed by atoms with Crippen LogP contribution >= 0.6 is 0 Å². The first-order valence-electron chi connectivity index (χ1n) is 8.04. The third-order valence-corrected chi connectivity index (χ3v) is 3.69. The van der Waals surface area contributed by atoms with Crippen molar-refractivity contribution in [2.24, 2.45) is 0 Å². The first-order chi connectivity index (χ1) is 11.7. The van der Waals surface area contributed by atoms with Crippen molar-refractivity contribution in [3.05, 3.63) is 59.7 Å². The highest BCUT2D eigenvalue weighted by molar-refractivity contribution is 6.03. The van der Waals surface area contributed by atoms with E-state index in [2.05, 4.69) is 10.1 Å². The molecular weight excluding hydrogens is 304 g/mol. The summed E-state index contributed by atoms with van der Waals surface area (Å²) in [5.41, 5.74) is 3.22. The molecule has 0 aliphatic carbocycles. The number of esters is 1. The van der Waals surface area contributed by atoms with Crippen molar-refractivity contribution in [2.75, 3.05) is 23.9 Å². The number of urea groups is 1. The fourth-order valence-corrected chi connectivity index (χ4v) is 2.55. The van der Waals surface area contributed by atoms with Crippen molar-refractivity contribution in [3.8, 4) is 0 Å². The second-order valence-electron chi connectivity index (χ2n) is 5.03. The summed E-state index contributed by atoms with van der Waals surface area (Å²) in [5.74, 6) is -0.397. The van der Waals surface area contributed by atoms with Gasteiger partial charge in [0.05, 0.1) is 12.7 Å². The fourth-order valence-electron chi connectivity index (χ4n) is 2.55. The number of hydrogen-bond donors (Lipinski definition) is 1. The van der Waals surface area contributed by atoms with Crippen LogP contribution in [0.5, 0.6) is 0 Å². The number of methoxy groups -OCH3 is 1. The lowest BCUT2D eigenvalue weighted by Crippen LogP contribution is -2.33. The zero-order valence-corrected chi connectivity index (χ0v) is 14.2. The van der Waals surface area contributed by atoms with Gasteiger partial charge in [-0.2, -0.15) is 0 Å². The summed E-state index contributed by atoms with van der Waals surface area (Å²) in [5, 5.41) is 2.84. The van der Waals surface area contributed by atoms with Crippen molar-refractivity contribution in [1.82, 2.24) is 0 Å². The predicted octanol–water partition coefficient (Wildman–Crippen LogP) is 4.09. The van der Waals surface area contributed by atoms with Crippen LogP contribution in [0.3, 0.4) is 0 Å². The Hall–Kier alpha value is -2.82. The van der Waals surface area contributed by atoms with Crippen LogP contribution in [0.2, 0.25) is 0 Å². The van der Waals surface area contributed by atoms with Crippen molar-refractivity contribution >= 4 is 23.4 Å². The Balaban J connectivity index is 0.00000100. The number of carbonyl (C=O) groups is 2. The van der Waals surface area contributed by atoms with Crippen LogP contribution in [0.25, 0.3) is 0 Å². The molecule has 3 rings (SSSR count). The summed E-state index contributed by atoms with van der Waals surface area (Å²) in [4.78, 5) is 25.5. The summed E-state index contributed by atoms with van der Waals surface area (Å²) >= 11 is 0. The molecule has 1 heterocycles. The fraction of sp³-hybridized carbons (Fsp3) is 0.263. The number of amides is 2. The molecule has 0 saturated carbocycles. The van der Waals surface area contributed by atoms with E-state index >= 15 is 0 Å². The molecule has 0 bridgehead atoms. The van der Waals surface area contributed by atoms with Gasteiger partial charge in [0, 0.05) is 17.9 Å². The standard InChI is InChI=1S/C17H16N2O3.C2H6/c1-22-16(20)13-6-8-14(9-7-13)18-17(21)19-11-10-12-4-2-3-5-15(12)19;1-2/h2-9H,10-11H2,1H3,(H,18,21);1-2H3. The Kier molecular flexibility index (Phi) is 5.95. The van der Waals surface area contributed by atoms with Crippen LogP contribution in [0, 0.1) is 0 Å². The van der Waals surface area contributed by atoms with Gasteiger partial charge >= 0.3 is 12.0 Å². The van der Waals surface area contributed by atoms with Crippen LogP contribution in [0.15, 0.2) is 48.5 Å². The van der Waals surface area contributed by atoms with Crippen molar-refractivity contribution < 1.29 is 14.3 Å². The van der Waals surface area contributed by atoms with E-state index in [9.17, 15) is 9.59 Å². The van der Waals surface area contributed by atoms with Gasteiger partial charge in [0.1, 0.15) is 0 Å². The molecule has 1 aliphatic heterocycles. The first-order valence-corrected chi connectivity index (χ1v) is 8.04. The summed E-state index contributed by atoms with van der Waals surface area (Å²) in [6.07, 6.45) is 0.866. The molecule has 126 valence electrons. The quantitative estimate of drug-likeness (QED) is 0.846. The normalized spacial score (nSPS) is 11.9. The summed E-state index contributed by atoms with van der Waals surface area (Å²) in [7, 11) is 1.34. The van der Waals surface area contributed by atoms with Gasteiger partial charge in [-0.15, -0.1) is 0 Å². The van der Waals surface area contributed by atoms with Gasteiger partial charge in [-0.3, -0.25) is 4.90 Å². The smallest absolute Gasteiger partial charge is 0.337 e. The topological polar surface area (TPSA) is 58.6 Å². The number of fused-ring (bicyclic) bond motifs is 1. The van der Waals surface area contributed by atoms with E-state index in [-0.39, 0.29) is 6.03 Å². The Morgan fingerprint density at radius 1 is 1.04 bits per heavy atom. The van der Waals surface area contributed by atoms with Crippen molar-refractivity contribution in [2.45, 2.75) is 20.3 Å². The molecular formula is C19H22N2O3. The highest BCUT2D eigenvalue weighted by Crippen LogP contribution is 2.28. The summed E-state index contributed by atoms with van der Waals surface area (Å²) in [6.45, 7) is 4.67. The molecule has 0 saturated heterocycles. The number of nitrogens with zero attached hydrogens (tertiary/aromatic N) is 1. The van der Waals surface area contributed by atoms with E-state index in [0.29, 0.717) is 17.8 Å². The Morgan fingerprint density at radius 2 is 1.71 bits per heavy atom. The maximum Gasteiger partial charge on any atom is 0.337 e. The van der Waals surface area contributed by atoms with Gasteiger partial charge in [-0.25, -0.2) is 9.59 Å². The number of rotatable bonds is 2. The molecule has 5 nitrogen and oxygen atoms in total. The van der Waals surface area contributed by atoms with E-state index in [0.717, 1.165) is 12.1 Å². The van der Waals surface area contributed by atoms with Crippen LogP contribution in [0.4, 0.5) is 16.2 Å². The van der Waals surface area contributed by atoms with Crippen molar-refractivity contribution in [1.29, 1.82) is 0 Å². The average molecular weight is 326 g/mol. The highest BCUT2D eigenvalue weighted by Gasteiger charge is 2.24. The van der Waals surface area contributed by atoms with Crippen LogP contribution in [-0.2, 0) is 11.2 Å². The Bertz CT molecular complexity index is 711. The molecule has 2 amide bonds. The van der Waals surface area contributed by atoms with Crippen LogP contribution < -0.4 is 10.2 Å². The molecule has 0 atom stereocenters. The number of para-hydroxylation sites is 1. The molecule has 0 spiro atoms. The lowest BCUT2D eigenvalue weighted by atomic mass is 10.2. The van der Waals surface area contributed by atoms with E-state index in [1.807, 2.05) is 38.1 Å². The van der Waals surface area contributed by atoms with Gasteiger partial charge < -0.3 is 10.1 Å². The number of benzene rings is 2. The monoisotopic (exact) mass is 326 g/mol. The Labute approximate surface area is 142 Å². The second-order valence-corrected chi connectivity index (χ2v) is 5.03. The van der Waals surface area contributed by atoms with Gasteiger partial charge in [0.25, 0.3) is 0 Å². The molecule has 0 unspecified atom stereocenters. The van der Waals surface area contributed by atoms with E-state index in [1.165, 1.54) is 12.7 Å². The lowest BCUT2D eigenvalue weighted by Gasteiger charge is -2.18. The molecule has 0 fully saturated rings. The minimum Gasteiger partial charge on any atom is -0.465 e. The molecule has 24 heavy (non-hydrogen) atoms. The number of nitrogens with one attached hydrogen (secondary N) is 1. The van der Waals surface area contributed by atoms with Crippen LogP contribution in [-0.4, -0.2) is 25.7 Å². The molecule has 1 aliphatic rings. The Morgan fingerprint density at radius 3 is 2.38 bits per heavy atom. The summed E-state index contributed by atoms with van der Waals surface area (Å²) < 4.78 is 4.64. The van der Waals surface area contributed by atoms with Gasteiger partial charge in [-0.05, 0) is 42.3 Å². The lowest BCUT2D eigenvalue weighted by molar-refractivity contribution is 0.0601. The zero-order chi connectivity index (χ0) is 17.5. The van der Waals surface area contributed by atoms with Gasteiger partial charge in [0.15, 0.2) is 0 Å². The molecule has 2 aromatic carbocycles. The van der Waals surface area contributed by atoms with E-state index < -0.39 is 5.97 Å². The predicted molar refractivity (Wildman–Crippen MR) is 95.6 cm³/mol. The largest absolute Gasteiger partial charge is 0.465 e. The molecule has 5 heteroatoms. The third-order valence-electron chi connectivity index (χ3n) is 3.69. The number of carbonyl (C=O) groups excluding carboxylic acids is 2. The molecule has 1 N–H and O–H groups in total. The van der Waals surface area contributed by atoms with Crippen LogP contribution in [0.1, 0.15) is 29.8 Å². The van der Waals surface area contributed by atoms with E-state index in [4.69, 9.17) is 0 Å². The zero-order valence-electron chi connectivity index (χ0n) is 14.2. The number of anilines is 2. The minimum absolute atomic E-state index is 0.171. The first kappa shape index (κ1) is 17.5. The SMILES string of the molecule is CC.COC(=O)c1ccc(NC(=O)N2CCc3ccccc32)cc1. The number of hydrogen-bond acceptors (Lipinski definition) is 3. The van der Waals surface area contributed by atoms with Gasteiger partial charge in [0.2, 0.25) is 0 Å². The van der Waals surface area contributed by atoms with Gasteiger partial charge in [-0.1, -0.05) is 32.0 Å². The maximum atomic E-state index is 12.4. The maximum absolute atomic E-state index is 12.4. The van der Waals surface area contributed by atoms with Crippen molar-refractivity contribution in [3.63, 3.8) is 0 Å². The molecule has 0 aromatic heterocycles. The average Bonchev–Trinajstić information content (AvgIpc) is 3.07.